The van der Waals surface area contributed by atoms with Gasteiger partial charge >= 0.3 is 5.97 Å². The minimum absolute atomic E-state index is 0.0290. The molecular weight excluding hydrogens is 349 g/mol. The number of carboxylic acid groups (broad SMARTS) is 1. The number of nitriles is 1. The zero-order valence-corrected chi connectivity index (χ0v) is 9.96. The van der Waals surface area contributed by atoms with E-state index in [4.69, 9.17) is 10.4 Å². The summed E-state index contributed by atoms with van der Waals surface area (Å²) >= 11 is 5.10. The van der Waals surface area contributed by atoms with Crippen LogP contribution in [0.15, 0.2) is 16.6 Å². The molecule has 1 rings (SSSR count). The predicted octanol–water partition coefficient (Wildman–Crippen LogP) is 2.62. The molecule has 1 N–H and O–H groups in total. The fraction of sp³-hybridized carbons (Fsp3) is 0. The standard InChI is InChI=1S/C8H3BrINO2/c9-4-1-5(8(12)13)6(3-11)7(10)2-4/h1-2H,(H,12,13). The molecule has 0 unspecified atom stereocenters. The highest BCUT2D eigenvalue weighted by atomic mass is 127. The van der Waals surface area contributed by atoms with Crippen molar-refractivity contribution in [3.63, 3.8) is 0 Å². The third kappa shape index (κ3) is 2.19. The minimum atomic E-state index is -1.09. The number of hydrogen-bond donors (Lipinski definition) is 1. The van der Waals surface area contributed by atoms with Crippen molar-refractivity contribution in [1.82, 2.24) is 0 Å². The molecule has 0 aromatic heterocycles. The molecule has 0 spiro atoms. The smallest absolute Gasteiger partial charge is 0.337 e. The van der Waals surface area contributed by atoms with Crippen LogP contribution in [0.3, 0.4) is 0 Å². The molecule has 3 nitrogen and oxygen atoms in total. The van der Waals surface area contributed by atoms with Crippen molar-refractivity contribution in [1.29, 1.82) is 5.26 Å². The highest BCUT2D eigenvalue weighted by molar-refractivity contribution is 14.1. The SMILES string of the molecule is N#Cc1c(I)cc(Br)cc1C(=O)O. The highest BCUT2D eigenvalue weighted by Crippen LogP contribution is 2.22. The van der Waals surface area contributed by atoms with Gasteiger partial charge in [-0.25, -0.2) is 4.79 Å². The molecule has 5 heteroatoms. The Morgan fingerprint density at radius 2 is 2.23 bits per heavy atom. The van der Waals surface area contributed by atoms with Gasteiger partial charge in [-0.3, -0.25) is 0 Å². The van der Waals surface area contributed by atoms with Gasteiger partial charge < -0.3 is 5.11 Å². The molecule has 0 aliphatic carbocycles. The Labute approximate surface area is 96.6 Å². The molecule has 0 saturated carbocycles. The second kappa shape index (κ2) is 4.07. The molecule has 0 aliphatic rings. The maximum atomic E-state index is 10.7. The second-order valence-corrected chi connectivity index (χ2v) is 4.30. The maximum Gasteiger partial charge on any atom is 0.337 e. The Balaban J connectivity index is 3.50. The van der Waals surface area contributed by atoms with Crippen molar-refractivity contribution < 1.29 is 9.90 Å². The molecule has 13 heavy (non-hydrogen) atoms. The van der Waals surface area contributed by atoms with Crippen molar-refractivity contribution in [3.8, 4) is 6.07 Å². The first-order valence-corrected chi connectivity index (χ1v) is 5.06. The Kier molecular flexibility index (Phi) is 3.27. The van der Waals surface area contributed by atoms with Crippen LogP contribution in [-0.4, -0.2) is 11.1 Å². The molecule has 0 fully saturated rings. The number of benzene rings is 1. The van der Waals surface area contributed by atoms with E-state index >= 15 is 0 Å². The van der Waals surface area contributed by atoms with Gasteiger partial charge in [0.05, 0.1) is 11.1 Å². The van der Waals surface area contributed by atoms with Gasteiger partial charge in [-0.1, -0.05) is 15.9 Å². The Morgan fingerprint density at radius 3 is 2.69 bits per heavy atom. The van der Waals surface area contributed by atoms with Crippen LogP contribution in [0.4, 0.5) is 0 Å². The third-order valence-electron chi connectivity index (χ3n) is 1.40. The number of hydrogen-bond acceptors (Lipinski definition) is 2. The van der Waals surface area contributed by atoms with Crippen LogP contribution in [-0.2, 0) is 0 Å². The fourth-order valence-electron chi connectivity index (χ4n) is 0.856. The zero-order chi connectivity index (χ0) is 10.0. The van der Waals surface area contributed by atoms with Crippen molar-refractivity contribution in [3.05, 3.63) is 31.3 Å². The lowest BCUT2D eigenvalue weighted by Crippen LogP contribution is -2.01. The van der Waals surface area contributed by atoms with Gasteiger partial charge in [0.1, 0.15) is 6.07 Å². The Morgan fingerprint density at radius 1 is 1.62 bits per heavy atom. The van der Waals surface area contributed by atoms with Crippen molar-refractivity contribution in [2.75, 3.05) is 0 Å². The monoisotopic (exact) mass is 351 g/mol. The van der Waals surface area contributed by atoms with E-state index in [1.54, 1.807) is 6.07 Å². The Bertz CT molecular complexity index is 411. The van der Waals surface area contributed by atoms with Crippen LogP contribution in [0.5, 0.6) is 0 Å². The molecule has 66 valence electrons. The molecule has 0 bridgehead atoms. The molecule has 0 atom stereocenters. The second-order valence-electron chi connectivity index (χ2n) is 2.23. The number of halogens is 2. The van der Waals surface area contributed by atoms with Gasteiger partial charge in [0.15, 0.2) is 0 Å². The topological polar surface area (TPSA) is 61.1 Å². The average molecular weight is 352 g/mol. The number of aromatic carboxylic acids is 1. The number of nitrogens with zero attached hydrogens (tertiary/aromatic N) is 1. The van der Waals surface area contributed by atoms with Crippen molar-refractivity contribution >= 4 is 44.5 Å². The molecular formula is C8H3BrINO2. The average Bonchev–Trinajstić information content (AvgIpc) is 2.02. The number of carboxylic acids is 1. The van der Waals surface area contributed by atoms with Crippen molar-refractivity contribution in [2.24, 2.45) is 0 Å². The number of rotatable bonds is 1. The van der Waals surface area contributed by atoms with E-state index < -0.39 is 5.97 Å². The first kappa shape index (κ1) is 10.5. The summed E-state index contributed by atoms with van der Waals surface area (Å²) < 4.78 is 1.29. The molecule has 1 aromatic rings. The van der Waals surface area contributed by atoms with Gasteiger partial charge in [-0.2, -0.15) is 5.26 Å². The molecule has 1 aromatic carbocycles. The van der Waals surface area contributed by atoms with E-state index in [9.17, 15) is 4.79 Å². The summed E-state index contributed by atoms with van der Waals surface area (Å²) in [6.45, 7) is 0. The summed E-state index contributed by atoms with van der Waals surface area (Å²) in [4.78, 5) is 10.7. The van der Waals surface area contributed by atoms with Gasteiger partial charge in [0.2, 0.25) is 0 Å². The third-order valence-corrected chi connectivity index (χ3v) is 2.71. The van der Waals surface area contributed by atoms with Crippen LogP contribution < -0.4 is 0 Å². The van der Waals surface area contributed by atoms with E-state index in [-0.39, 0.29) is 11.1 Å². The van der Waals surface area contributed by atoms with E-state index in [2.05, 4.69) is 15.9 Å². The number of carbonyl (C=O) groups is 1. The maximum absolute atomic E-state index is 10.7. The molecule has 0 heterocycles. The molecule has 0 saturated heterocycles. The van der Waals surface area contributed by atoms with Crippen molar-refractivity contribution in [2.45, 2.75) is 0 Å². The summed E-state index contributed by atoms with van der Waals surface area (Å²) in [6.07, 6.45) is 0. The van der Waals surface area contributed by atoms with E-state index in [0.717, 1.165) is 0 Å². The molecule has 0 radical (unpaired) electrons. The van der Waals surface area contributed by atoms with Crippen LogP contribution >= 0.6 is 38.5 Å². The van der Waals surface area contributed by atoms with E-state index in [1.807, 2.05) is 28.7 Å². The minimum Gasteiger partial charge on any atom is -0.478 e. The lowest BCUT2D eigenvalue weighted by Gasteiger charge is -2.01. The molecule has 0 amide bonds. The first-order valence-electron chi connectivity index (χ1n) is 3.18. The van der Waals surface area contributed by atoms with Gasteiger partial charge in [-0.15, -0.1) is 0 Å². The summed E-state index contributed by atoms with van der Waals surface area (Å²) in [5.41, 5.74) is 0.234. The van der Waals surface area contributed by atoms with Crippen LogP contribution in [0.2, 0.25) is 0 Å². The summed E-state index contributed by atoms with van der Waals surface area (Å²) in [7, 11) is 0. The highest BCUT2D eigenvalue weighted by Gasteiger charge is 2.13. The first-order chi connectivity index (χ1) is 6.06. The fourth-order valence-corrected chi connectivity index (χ4v) is 2.49. The normalized spacial score (nSPS) is 9.31. The van der Waals surface area contributed by atoms with Gasteiger partial charge in [0, 0.05) is 8.04 Å². The van der Waals surface area contributed by atoms with Crippen LogP contribution in [0.25, 0.3) is 0 Å². The lowest BCUT2D eigenvalue weighted by atomic mass is 10.1. The largest absolute Gasteiger partial charge is 0.478 e. The summed E-state index contributed by atoms with van der Waals surface area (Å²) in [5.74, 6) is -1.09. The lowest BCUT2D eigenvalue weighted by molar-refractivity contribution is 0.0696. The van der Waals surface area contributed by atoms with Crippen LogP contribution in [0.1, 0.15) is 15.9 Å². The quantitative estimate of drug-likeness (QED) is 0.791. The van der Waals surface area contributed by atoms with E-state index in [0.29, 0.717) is 8.04 Å². The van der Waals surface area contributed by atoms with Crippen LogP contribution in [0, 0.1) is 14.9 Å². The van der Waals surface area contributed by atoms with Gasteiger partial charge in [-0.05, 0) is 34.7 Å². The predicted molar refractivity (Wildman–Crippen MR) is 58.5 cm³/mol. The summed E-state index contributed by atoms with van der Waals surface area (Å²) in [6, 6.07) is 4.98. The van der Waals surface area contributed by atoms with Gasteiger partial charge in [0.25, 0.3) is 0 Å². The molecule has 0 aliphatic heterocycles. The summed E-state index contributed by atoms with van der Waals surface area (Å²) in [5, 5.41) is 17.5. The Hall–Kier alpha value is -0.610. The zero-order valence-electron chi connectivity index (χ0n) is 6.21. The van der Waals surface area contributed by atoms with E-state index in [1.165, 1.54) is 6.07 Å².